The van der Waals surface area contributed by atoms with E-state index in [0.717, 1.165) is 49.4 Å². The van der Waals surface area contributed by atoms with Gasteiger partial charge in [0.25, 0.3) is 0 Å². The average Bonchev–Trinajstić information content (AvgIpc) is 3.28. The molecule has 7 heteroatoms. The Bertz CT molecular complexity index is 1020. The minimum absolute atomic E-state index is 0.000623. The van der Waals surface area contributed by atoms with Crippen LogP contribution in [0.2, 0.25) is 0 Å². The molecule has 0 saturated heterocycles. The van der Waals surface area contributed by atoms with Gasteiger partial charge < -0.3 is 19.9 Å². The molecular formula is C35H57NO6. The predicted octanol–water partition coefficient (Wildman–Crippen LogP) is 7.92. The van der Waals surface area contributed by atoms with Crippen molar-refractivity contribution in [3.63, 3.8) is 0 Å². The van der Waals surface area contributed by atoms with E-state index in [-0.39, 0.29) is 37.5 Å². The normalized spacial score (nSPS) is 36.2. The maximum atomic E-state index is 12.5. The van der Waals surface area contributed by atoms with Crippen molar-refractivity contribution in [2.24, 2.45) is 45.8 Å². The molecule has 42 heavy (non-hydrogen) atoms. The molecule has 4 aliphatic carbocycles. The first kappa shape index (κ1) is 32.9. The number of ether oxygens (including phenoxy) is 2. The summed E-state index contributed by atoms with van der Waals surface area (Å²) in [6.07, 6.45) is 14.9. The Morgan fingerprint density at radius 1 is 0.976 bits per heavy atom. The molecule has 3 fully saturated rings. The predicted molar refractivity (Wildman–Crippen MR) is 164 cm³/mol. The highest BCUT2D eigenvalue weighted by Crippen LogP contribution is 2.72. The van der Waals surface area contributed by atoms with Gasteiger partial charge in [0.1, 0.15) is 12.7 Å². The number of fused-ring (bicyclic) bond motifs is 5. The van der Waals surface area contributed by atoms with E-state index < -0.39 is 18.0 Å². The van der Waals surface area contributed by atoms with Gasteiger partial charge in [0.2, 0.25) is 0 Å². The second-order valence-electron chi connectivity index (χ2n) is 15.3. The lowest BCUT2D eigenvalue weighted by Gasteiger charge is -2.63. The third kappa shape index (κ3) is 6.85. The molecule has 0 heterocycles. The summed E-state index contributed by atoms with van der Waals surface area (Å²) in [5, 5.41) is 11.3. The van der Waals surface area contributed by atoms with Gasteiger partial charge in [-0.05, 0) is 90.8 Å². The van der Waals surface area contributed by atoms with Crippen molar-refractivity contribution >= 4 is 18.0 Å². The lowest BCUT2D eigenvalue weighted by atomic mass is 9.41. The highest BCUT2D eigenvalue weighted by molar-refractivity contribution is 5.76. The molecule has 4 aliphatic rings. The summed E-state index contributed by atoms with van der Waals surface area (Å²) >= 11 is 0. The number of hydrogen-bond donors (Lipinski definition) is 2. The average molecular weight is 588 g/mol. The van der Waals surface area contributed by atoms with Crippen LogP contribution in [0, 0.1) is 45.8 Å². The van der Waals surface area contributed by atoms with Gasteiger partial charge in [0, 0.05) is 6.42 Å². The summed E-state index contributed by atoms with van der Waals surface area (Å²) in [5.41, 5.74) is 2.45. The van der Waals surface area contributed by atoms with Crippen molar-refractivity contribution in [2.75, 3.05) is 13.2 Å². The van der Waals surface area contributed by atoms with Gasteiger partial charge >= 0.3 is 18.0 Å². The quantitative estimate of drug-likeness (QED) is 0.137. The van der Waals surface area contributed by atoms with Crippen LogP contribution in [0.25, 0.3) is 0 Å². The van der Waals surface area contributed by atoms with Crippen molar-refractivity contribution < 1.29 is 29.0 Å². The molecule has 0 bridgehead atoms. The van der Waals surface area contributed by atoms with Crippen LogP contribution in [0.5, 0.6) is 0 Å². The first-order chi connectivity index (χ1) is 19.8. The maximum absolute atomic E-state index is 12.5. The Morgan fingerprint density at radius 3 is 2.45 bits per heavy atom. The number of amides is 1. The van der Waals surface area contributed by atoms with Gasteiger partial charge in [-0.1, -0.05) is 72.5 Å². The summed E-state index contributed by atoms with van der Waals surface area (Å²) in [4.78, 5) is 34.6. The van der Waals surface area contributed by atoms with E-state index in [0.29, 0.717) is 16.7 Å². The fraction of sp³-hybridized carbons (Fsp3) is 0.857. The molecule has 8 atom stereocenters. The summed E-state index contributed by atoms with van der Waals surface area (Å²) in [5.74, 6) is 2.31. The van der Waals surface area contributed by atoms with E-state index in [4.69, 9.17) is 14.6 Å². The minimum Gasteiger partial charge on any atom is -0.481 e. The number of esters is 1. The zero-order chi connectivity index (χ0) is 30.7. The third-order valence-corrected chi connectivity index (χ3v) is 12.3. The van der Waals surface area contributed by atoms with Crippen molar-refractivity contribution in [3.8, 4) is 0 Å². The second-order valence-corrected chi connectivity index (χ2v) is 15.3. The monoisotopic (exact) mass is 587 g/mol. The van der Waals surface area contributed by atoms with Crippen LogP contribution in [-0.4, -0.2) is 42.4 Å². The number of carbonyl (C=O) groups excluding carboxylic acids is 2. The SMILES string of the molecule is CC(C)CCC[C@@H](C)C1CC[C@H]2[C@]3(C)CC=C4C[C@@H](OC(=O)NCCOC(=O)CCC(=O)O)CC[C@]4(C)[C@H]3CC[C@]12C. The van der Waals surface area contributed by atoms with Gasteiger partial charge in [-0.2, -0.15) is 0 Å². The molecule has 7 nitrogen and oxygen atoms in total. The maximum Gasteiger partial charge on any atom is 0.407 e. The van der Waals surface area contributed by atoms with Gasteiger partial charge in [0.15, 0.2) is 0 Å². The molecule has 0 aromatic carbocycles. The summed E-state index contributed by atoms with van der Waals surface area (Å²) in [6.45, 7) is 15.1. The van der Waals surface area contributed by atoms with Gasteiger partial charge in [-0.25, -0.2) is 4.79 Å². The molecule has 4 rings (SSSR count). The topological polar surface area (TPSA) is 102 Å². The number of carboxylic acid groups (broad SMARTS) is 1. The van der Waals surface area contributed by atoms with Crippen LogP contribution < -0.4 is 5.32 Å². The van der Waals surface area contributed by atoms with Crippen molar-refractivity contribution in [2.45, 2.75) is 131 Å². The first-order valence-corrected chi connectivity index (χ1v) is 16.8. The van der Waals surface area contributed by atoms with Crippen LogP contribution in [0.1, 0.15) is 125 Å². The van der Waals surface area contributed by atoms with Crippen LogP contribution in [0.4, 0.5) is 4.79 Å². The van der Waals surface area contributed by atoms with E-state index in [1.165, 1.54) is 50.5 Å². The lowest BCUT2D eigenvalue weighted by molar-refractivity contribution is -0.147. The summed E-state index contributed by atoms with van der Waals surface area (Å²) in [6, 6.07) is 0. The molecule has 0 spiro atoms. The smallest absolute Gasteiger partial charge is 0.407 e. The van der Waals surface area contributed by atoms with Crippen molar-refractivity contribution in [3.05, 3.63) is 11.6 Å². The molecule has 238 valence electrons. The number of hydrogen-bond acceptors (Lipinski definition) is 5. The van der Waals surface area contributed by atoms with Crippen LogP contribution in [0.3, 0.4) is 0 Å². The fourth-order valence-corrected chi connectivity index (χ4v) is 10.2. The molecule has 2 N–H and O–H groups in total. The summed E-state index contributed by atoms with van der Waals surface area (Å²) < 4.78 is 10.8. The minimum atomic E-state index is -1.04. The number of carboxylic acids is 1. The Kier molecular flexibility index (Phi) is 10.4. The molecule has 0 aromatic heterocycles. The van der Waals surface area contributed by atoms with Crippen LogP contribution in [0.15, 0.2) is 11.6 Å². The Morgan fingerprint density at radius 2 is 1.74 bits per heavy atom. The second kappa shape index (κ2) is 13.3. The zero-order valence-corrected chi connectivity index (χ0v) is 27.1. The molecular weight excluding hydrogens is 530 g/mol. The zero-order valence-electron chi connectivity index (χ0n) is 27.1. The highest BCUT2D eigenvalue weighted by atomic mass is 16.6. The lowest BCUT2D eigenvalue weighted by Crippen LogP contribution is -2.56. The standard InChI is InChI=1S/C35H57NO6/c1-23(2)8-7-9-24(3)27-10-11-28-34(27,5)19-16-29-33(4)18-15-26(22-25(33)14-17-35(28,29)6)42-32(40)36-20-21-41-31(39)13-12-30(37)38/h14,23-24,26-29H,7-13,15-22H2,1-6H3,(H,36,40)(H,37,38)/t24-,26+,27?,28-,29-,33+,34-,35+/m1/s1. The molecule has 0 aromatic rings. The number of aliphatic carboxylic acids is 1. The van der Waals surface area contributed by atoms with Gasteiger partial charge in [0.05, 0.1) is 19.4 Å². The van der Waals surface area contributed by atoms with E-state index in [9.17, 15) is 14.4 Å². The van der Waals surface area contributed by atoms with Gasteiger partial charge in [-0.15, -0.1) is 0 Å². The van der Waals surface area contributed by atoms with E-state index in [1.54, 1.807) is 0 Å². The Hall–Kier alpha value is -2.05. The summed E-state index contributed by atoms with van der Waals surface area (Å²) in [7, 11) is 0. The number of nitrogens with one attached hydrogen (secondary N) is 1. The van der Waals surface area contributed by atoms with Crippen molar-refractivity contribution in [1.29, 1.82) is 0 Å². The van der Waals surface area contributed by atoms with Gasteiger partial charge in [-0.3, -0.25) is 9.59 Å². The van der Waals surface area contributed by atoms with Crippen molar-refractivity contribution in [1.82, 2.24) is 5.32 Å². The van der Waals surface area contributed by atoms with E-state index >= 15 is 0 Å². The van der Waals surface area contributed by atoms with Crippen LogP contribution >= 0.6 is 0 Å². The first-order valence-electron chi connectivity index (χ1n) is 16.8. The molecule has 0 radical (unpaired) electrons. The van der Waals surface area contributed by atoms with E-state index in [1.807, 2.05) is 0 Å². The number of allylic oxidation sites excluding steroid dienone is 1. The molecule has 3 saturated carbocycles. The van der Waals surface area contributed by atoms with Crippen LogP contribution in [-0.2, 0) is 19.1 Å². The third-order valence-electron chi connectivity index (χ3n) is 12.3. The number of alkyl carbamates (subject to hydrolysis) is 1. The Balaban J connectivity index is 1.31. The largest absolute Gasteiger partial charge is 0.481 e. The van der Waals surface area contributed by atoms with E-state index in [2.05, 4.69) is 52.9 Å². The molecule has 0 aliphatic heterocycles. The highest BCUT2D eigenvalue weighted by Gasteiger charge is 2.64. The number of rotatable bonds is 12. The molecule has 1 amide bonds. The number of carbonyl (C=O) groups is 3. The molecule has 1 unspecified atom stereocenters. The fourth-order valence-electron chi connectivity index (χ4n) is 10.2. The Labute approximate surface area is 253 Å².